The van der Waals surface area contributed by atoms with E-state index in [1.807, 2.05) is 0 Å². The van der Waals surface area contributed by atoms with Gasteiger partial charge < -0.3 is 10.6 Å². The minimum absolute atomic E-state index is 0.352. The standard InChI is InChI=1S/C15H16N2/c1-11-5-4-6-12(9-11)15-10-16-13-7-2-3-8-14(13)17-15/h2-9,15-17H,10H2,1H3/t15-/m1/s1. The number of rotatable bonds is 1. The SMILES string of the molecule is Cc1cccc([C@H]2CNc3ccccc3N2)c1. The summed E-state index contributed by atoms with van der Waals surface area (Å²) in [6.45, 7) is 3.06. The number of hydrogen-bond acceptors (Lipinski definition) is 2. The molecule has 0 spiro atoms. The number of aryl methyl sites for hydroxylation is 1. The van der Waals surface area contributed by atoms with Crippen LogP contribution in [-0.4, -0.2) is 6.54 Å². The first-order chi connectivity index (χ1) is 8.33. The van der Waals surface area contributed by atoms with Gasteiger partial charge in [0.15, 0.2) is 0 Å². The lowest BCUT2D eigenvalue weighted by molar-refractivity contribution is 0.803. The van der Waals surface area contributed by atoms with Gasteiger partial charge in [-0.1, -0.05) is 42.0 Å². The van der Waals surface area contributed by atoms with Crippen LogP contribution in [0.3, 0.4) is 0 Å². The molecule has 2 N–H and O–H groups in total. The highest BCUT2D eigenvalue weighted by Crippen LogP contribution is 2.31. The molecule has 0 fully saturated rings. The molecule has 1 atom stereocenters. The molecule has 0 aromatic heterocycles. The van der Waals surface area contributed by atoms with Crippen molar-refractivity contribution in [2.75, 3.05) is 17.2 Å². The van der Waals surface area contributed by atoms with Crippen molar-refractivity contribution in [3.05, 3.63) is 59.7 Å². The minimum Gasteiger partial charge on any atom is -0.381 e. The summed E-state index contributed by atoms with van der Waals surface area (Å²) in [5.41, 5.74) is 5.02. The summed E-state index contributed by atoms with van der Waals surface area (Å²) in [6.07, 6.45) is 0. The van der Waals surface area contributed by atoms with Gasteiger partial charge in [0, 0.05) is 6.54 Å². The summed E-state index contributed by atoms with van der Waals surface area (Å²) in [7, 11) is 0. The molecule has 3 rings (SSSR count). The van der Waals surface area contributed by atoms with Crippen molar-refractivity contribution in [1.29, 1.82) is 0 Å². The van der Waals surface area contributed by atoms with Crippen molar-refractivity contribution in [2.24, 2.45) is 0 Å². The number of para-hydroxylation sites is 2. The van der Waals surface area contributed by atoms with Crippen molar-refractivity contribution >= 4 is 11.4 Å². The van der Waals surface area contributed by atoms with Gasteiger partial charge in [-0.15, -0.1) is 0 Å². The third-order valence-electron chi connectivity index (χ3n) is 3.20. The number of benzene rings is 2. The van der Waals surface area contributed by atoms with Gasteiger partial charge in [-0.3, -0.25) is 0 Å². The largest absolute Gasteiger partial charge is 0.381 e. The summed E-state index contributed by atoms with van der Waals surface area (Å²) in [5.74, 6) is 0. The Labute approximate surface area is 102 Å². The predicted molar refractivity (Wildman–Crippen MR) is 72.5 cm³/mol. The van der Waals surface area contributed by atoms with E-state index < -0.39 is 0 Å². The van der Waals surface area contributed by atoms with Crippen molar-refractivity contribution < 1.29 is 0 Å². The van der Waals surface area contributed by atoms with Crippen LogP contribution in [0.15, 0.2) is 48.5 Å². The molecule has 0 bridgehead atoms. The molecule has 0 aliphatic carbocycles. The monoisotopic (exact) mass is 224 g/mol. The highest BCUT2D eigenvalue weighted by atomic mass is 15.1. The summed E-state index contributed by atoms with van der Waals surface area (Å²) in [5, 5.41) is 7.05. The Morgan fingerprint density at radius 2 is 1.82 bits per heavy atom. The molecule has 17 heavy (non-hydrogen) atoms. The first-order valence-corrected chi connectivity index (χ1v) is 5.99. The van der Waals surface area contributed by atoms with E-state index in [0.29, 0.717) is 6.04 Å². The zero-order valence-electron chi connectivity index (χ0n) is 9.90. The first-order valence-electron chi connectivity index (χ1n) is 5.99. The van der Waals surface area contributed by atoms with E-state index in [4.69, 9.17) is 0 Å². The Morgan fingerprint density at radius 1 is 1.00 bits per heavy atom. The van der Waals surface area contributed by atoms with E-state index in [2.05, 4.69) is 66.1 Å². The molecule has 86 valence electrons. The van der Waals surface area contributed by atoms with Gasteiger partial charge in [-0.2, -0.15) is 0 Å². The zero-order chi connectivity index (χ0) is 11.7. The highest BCUT2D eigenvalue weighted by Gasteiger charge is 2.17. The summed E-state index contributed by atoms with van der Waals surface area (Å²) in [4.78, 5) is 0. The molecule has 1 aliphatic rings. The fourth-order valence-corrected chi connectivity index (χ4v) is 2.30. The molecule has 0 radical (unpaired) electrons. The van der Waals surface area contributed by atoms with Crippen LogP contribution in [0, 0.1) is 6.92 Å². The number of hydrogen-bond donors (Lipinski definition) is 2. The van der Waals surface area contributed by atoms with Gasteiger partial charge in [0.2, 0.25) is 0 Å². The molecule has 2 aromatic rings. The molecule has 0 saturated heterocycles. The minimum atomic E-state index is 0.352. The fraction of sp³-hybridized carbons (Fsp3) is 0.200. The van der Waals surface area contributed by atoms with E-state index in [0.717, 1.165) is 6.54 Å². The summed E-state index contributed by atoms with van der Waals surface area (Å²) < 4.78 is 0. The van der Waals surface area contributed by atoms with Crippen molar-refractivity contribution in [3.8, 4) is 0 Å². The number of fused-ring (bicyclic) bond motifs is 1. The Kier molecular flexibility index (Phi) is 2.48. The van der Waals surface area contributed by atoms with E-state index in [1.54, 1.807) is 0 Å². The van der Waals surface area contributed by atoms with Crippen LogP contribution in [0.2, 0.25) is 0 Å². The normalized spacial score (nSPS) is 17.8. The van der Waals surface area contributed by atoms with Crippen LogP contribution in [-0.2, 0) is 0 Å². The van der Waals surface area contributed by atoms with Crippen LogP contribution in [0.1, 0.15) is 17.2 Å². The second-order valence-electron chi connectivity index (χ2n) is 4.54. The molecule has 2 nitrogen and oxygen atoms in total. The Hall–Kier alpha value is -1.96. The molecular formula is C15H16N2. The van der Waals surface area contributed by atoms with Crippen molar-refractivity contribution in [2.45, 2.75) is 13.0 Å². The Balaban J connectivity index is 1.89. The lowest BCUT2D eigenvalue weighted by atomic mass is 10.0. The van der Waals surface area contributed by atoms with Gasteiger partial charge in [-0.05, 0) is 24.6 Å². The van der Waals surface area contributed by atoms with E-state index in [9.17, 15) is 0 Å². The average molecular weight is 224 g/mol. The third kappa shape index (κ3) is 1.98. The van der Waals surface area contributed by atoms with Crippen LogP contribution in [0.25, 0.3) is 0 Å². The number of nitrogens with one attached hydrogen (secondary N) is 2. The van der Waals surface area contributed by atoms with Crippen LogP contribution < -0.4 is 10.6 Å². The molecule has 0 unspecified atom stereocenters. The highest BCUT2D eigenvalue weighted by molar-refractivity contribution is 5.71. The van der Waals surface area contributed by atoms with Crippen molar-refractivity contribution in [1.82, 2.24) is 0 Å². The molecule has 2 aromatic carbocycles. The number of anilines is 2. The zero-order valence-corrected chi connectivity index (χ0v) is 9.90. The second-order valence-corrected chi connectivity index (χ2v) is 4.54. The third-order valence-corrected chi connectivity index (χ3v) is 3.20. The Bertz CT molecular complexity index is 534. The quantitative estimate of drug-likeness (QED) is 0.773. The van der Waals surface area contributed by atoms with Crippen LogP contribution in [0.4, 0.5) is 11.4 Å². The molecule has 2 heteroatoms. The molecule has 1 heterocycles. The van der Waals surface area contributed by atoms with Gasteiger partial charge in [-0.25, -0.2) is 0 Å². The molecule has 1 aliphatic heterocycles. The lowest BCUT2D eigenvalue weighted by Crippen LogP contribution is -2.25. The van der Waals surface area contributed by atoms with Gasteiger partial charge in [0.1, 0.15) is 0 Å². The maximum absolute atomic E-state index is 3.58. The molecule has 0 saturated carbocycles. The summed E-state index contributed by atoms with van der Waals surface area (Å²) >= 11 is 0. The van der Waals surface area contributed by atoms with Crippen LogP contribution >= 0.6 is 0 Å². The molecular weight excluding hydrogens is 208 g/mol. The van der Waals surface area contributed by atoms with E-state index in [1.165, 1.54) is 22.5 Å². The lowest BCUT2D eigenvalue weighted by Gasteiger charge is -2.28. The maximum Gasteiger partial charge on any atom is 0.0687 e. The van der Waals surface area contributed by atoms with E-state index >= 15 is 0 Å². The first kappa shape index (κ1) is 10.2. The maximum atomic E-state index is 3.58. The molecule has 0 amide bonds. The van der Waals surface area contributed by atoms with Crippen LogP contribution in [0.5, 0.6) is 0 Å². The summed E-state index contributed by atoms with van der Waals surface area (Å²) in [6, 6.07) is 17.4. The Morgan fingerprint density at radius 3 is 2.65 bits per heavy atom. The second kappa shape index (κ2) is 4.13. The fourth-order valence-electron chi connectivity index (χ4n) is 2.30. The predicted octanol–water partition coefficient (Wildman–Crippen LogP) is 3.57. The van der Waals surface area contributed by atoms with E-state index in [-0.39, 0.29) is 0 Å². The van der Waals surface area contributed by atoms with Gasteiger partial charge in [0.25, 0.3) is 0 Å². The van der Waals surface area contributed by atoms with Crippen molar-refractivity contribution in [3.63, 3.8) is 0 Å². The average Bonchev–Trinajstić information content (AvgIpc) is 2.38. The van der Waals surface area contributed by atoms with Gasteiger partial charge >= 0.3 is 0 Å². The smallest absolute Gasteiger partial charge is 0.0687 e. The topological polar surface area (TPSA) is 24.1 Å². The van der Waals surface area contributed by atoms with Gasteiger partial charge in [0.05, 0.1) is 17.4 Å².